The number of piperidine rings is 1. The number of nitrogens with two attached hydrogens (primary N) is 1. The summed E-state index contributed by atoms with van der Waals surface area (Å²) >= 11 is 0. The molecule has 3 nitrogen and oxygen atoms in total. The first-order chi connectivity index (χ1) is 6.26. The fraction of sp³-hybridized carbons (Fsp3) is 1.00. The first-order valence-electron chi connectivity index (χ1n) is 5.29. The highest BCUT2D eigenvalue weighted by molar-refractivity contribution is 4.85. The maximum atomic E-state index is 9.36. The van der Waals surface area contributed by atoms with Crippen LogP contribution < -0.4 is 5.73 Å². The largest absolute Gasteiger partial charge is 0.396 e. The first-order valence-corrected chi connectivity index (χ1v) is 5.29. The molecule has 0 atom stereocenters. The molecule has 0 radical (unpaired) electrons. The van der Waals surface area contributed by atoms with E-state index in [1.165, 1.54) is 0 Å². The smallest absolute Gasteiger partial charge is 0.0488 e. The minimum Gasteiger partial charge on any atom is -0.396 e. The molecule has 3 heteroatoms. The third-order valence-electron chi connectivity index (χ3n) is 3.37. The van der Waals surface area contributed by atoms with Gasteiger partial charge in [0, 0.05) is 6.61 Å². The molecule has 0 bridgehead atoms. The lowest BCUT2D eigenvalue weighted by atomic mass is 9.76. The first kappa shape index (κ1) is 11.0. The van der Waals surface area contributed by atoms with E-state index < -0.39 is 0 Å². The number of likely N-dealkylation sites (tertiary alicyclic amines) is 1. The Labute approximate surface area is 80.9 Å². The van der Waals surface area contributed by atoms with Gasteiger partial charge >= 0.3 is 0 Å². The van der Waals surface area contributed by atoms with E-state index in [2.05, 4.69) is 11.8 Å². The SMILES string of the molecule is CCN1CCC(CO)(CCN)CC1. The van der Waals surface area contributed by atoms with E-state index >= 15 is 0 Å². The Morgan fingerprint density at radius 3 is 2.38 bits per heavy atom. The molecule has 1 heterocycles. The molecule has 0 aliphatic carbocycles. The molecule has 0 aromatic rings. The van der Waals surface area contributed by atoms with Gasteiger partial charge in [0.05, 0.1) is 0 Å². The molecule has 1 aliphatic heterocycles. The van der Waals surface area contributed by atoms with E-state index in [0.29, 0.717) is 13.2 Å². The molecule has 1 rings (SSSR count). The summed E-state index contributed by atoms with van der Waals surface area (Å²) in [4.78, 5) is 2.43. The van der Waals surface area contributed by atoms with Crippen LogP contribution >= 0.6 is 0 Å². The van der Waals surface area contributed by atoms with Gasteiger partial charge in [-0.15, -0.1) is 0 Å². The van der Waals surface area contributed by atoms with Crippen molar-refractivity contribution < 1.29 is 5.11 Å². The number of aliphatic hydroxyl groups is 1. The normalized spacial score (nSPS) is 23.3. The Balaban J connectivity index is 2.42. The van der Waals surface area contributed by atoms with Crippen molar-refractivity contribution in [3.05, 3.63) is 0 Å². The summed E-state index contributed by atoms with van der Waals surface area (Å²) in [6, 6.07) is 0. The number of rotatable bonds is 4. The van der Waals surface area contributed by atoms with Crippen molar-refractivity contribution in [2.75, 3.05) is 32.8 Å². The van der Waals surface area contributed by atoms with E-state index in [0.717, 1.165) is 38.9 Å². The van der Waals surface area contributed by atoms with Gasteiger partial charge in [-0.1, -0.05) is 6.92 Å². The van der Waals surface area contributed by atoms with E-state index in [4.69, 9.17) is 5.73 Å². The van der Waals surface area contributed by atoms with Crippen LogP contribution in [0.2, 0.25) is 0 Å². The third kappa shape index (κ3) is 2.66. The highest BCUT2D eigenvalue weighted by Crippen LogP contribution is 2.33. The Hall–Kier alpha value is -0.120. The van der Waals surface area contributed by atoms with Crippen molar-refractivity contribution in [2.24, 2.45) is 11.1 Å². The zero-order chi connectivity index (χ0) is 9.73. The van der Waals surface area contributed by atoms with Gasteiger partial charge in [0.25, 0.3) is 0 Å². The van der Waals surface area contributed by atoms with Gasteiger partial charge in [0.15, 0.2) is 0 Å². The van der Waals surface area contributed by atoms with Crippen LogP contribution in [-0.4, -0.2) is 42.8 Å². The molecule has 13 heavy (non-hydrogen) atoms. The monoisotopic (exact) mass is 186 g/mol. The van der Waals surface area contributed by atoms with Gasteiger partial charge in [-0.2, -0.15) is 0 Å². The van der Waals surface area contributed by atoms with Crippen LogP contribution in [0.5, 0.6) is 0 Å². The highest BCUT2D eigenvalue weighted by Gasteiger charge is 2.32. The average molecular weight is 186 g/mol. The molecule has 0 unspecified atom stereocenters. The van der Waals surface area contributed by atoms with E-state index in [1.807, 2.05) is 0 Å². The summed E-state index contributed by atoms with van der Waals surface area (Å²) in [6.07, 6.45) is 3.18. The summed E-state index contributed by atoms with van der Waals surface area (Å²) in [7, 11) is 0. The fourth-order valence-electron chi connectivity index (χ4n) is 2.14. The second-order valence-corrected chi connectivity index (χ2v) is 4.13. The van der Waals surface area contributed by atoms with E-state index in [9.17, 15) is 5.11 Å². The summed E-state index contributed by atoms with van der Waals surface area (Å²) in [5.41, 5.74) is 5.70. The Morgan fingerprint density at radius 2 is 2.00 bits per heavy atom. The summed E-state index contributed by atoms with van der Waals surface area (Å²) in [5, 5.41) is 9.36. The molecule has 3 N–H and O–H groups in total. The molecule has 0 aromatic heterocycles. The molecule has 1 aliphatic rings. The van der Waals surface area contributed by atoms with Crippen molar-refractivity contribution in [1.29, 1.82) is 0 Å². The fourth-order valence-corrected chi connectivity index (χ4v) is 2.14. The van der Waals surface area contributed by atoms with Gasteiger partial charge in [-0.25, -0.2) is 0 Å². The Kier molecular flexibility index (Phi) is 4.16. The van der Waals surface area contributed by atoms with Crippen LogP contribution in [0, 0.1) is 5.41 Å². The standard InChI is InChI=1S/C10H22N2O/c1-2-12-7-4-10(9-13,3-6-11)5-8-12/h13H,2-9,11H2,1H3. The van der Waals surface area contributed by atoms with Gasteiger partial charge in [-0.05, 0) is 50.9 Å². The summed E-state index contributed by atoms with van der Waals surface area (Å²) in [6.45, 7) is 6.57. The molecule has 0 spiro atoms. The molecular formula is C10H22N2O. The third-order valence-corrected chi connectivity index (χ3v) is 3.37. The van der Waals surface area contributed by atoms with Crippen molar-refractivity contribution in [1.82, 2.24) is 4.90 Å². The lowest BCUT2D eigenvalue weighted by Crippen LogP contribution is -2.42. The van der Waals surface area contributed by atoms with Gasteiger partial charge in [0.2, 0.25) is 0 Å². The maximum absolute atomic E-state index is 9.36. The molecule has 0 amide bonds. The lowest BCUT2D eigenvalue weighted by Gasteiger charge is -2.40. The minimum absolute atomic E-state index is 0.139. The second-order valence-electron chi connectivity index (χ2n) is 4.13. The molecular weight excluding hydrogens is 164 g/mol. The quantitative estimate of drug-likeness (QED) is 0.669. The van der Waals surface area contributed by atoms with Crippen LogP contribution in [0.3, 0.4) is 0 Å². The average Bonchev–Trinajstić information content (AvgIpc) is 2.19. The van der Waals surface area contributed by atoms with Crippen LogP contribution in [0.4, 0.5) is 0 Å². The molecule has 78 valence electrons. The van der Waals surface area contributed by atoms with Gasteiger partial charge in [-0.3, -0.25) is 0 Å². The van der Waals surface area contributed by atoms with Crippen LogP contribution in [0.1, 0.15) is 26.2 Å². The van der Waals surface area contributed by atoms with Crippen molar-refractivity contribution in [3.63, 3.8) is 0 Å². The van der Waals surface area contributed by atoms with Crippen molar-refractivity contribution in [3.8, 4) is 0 Å². The maximum Gasteiger partial charge on any atom is 0.0488 e. The molecule has 1 fully saturated rings. The highest BCUT2D eigenvalue weighted by atomic mass is 16.3. The van der Waals surface area contributed by atoms with Crippen LogP contribution in [0.15, 0.2) is 0 Å². The van der Waals surface area contributed by atoms with E-state index in [-0.39, 0.29) is 5.41 Å². The number of hydrogen-bond acceptors (Lipinski definition) is 3. The summed E-state index contributed by atoms with van der Waals surface area (Å²) in [5.74, 6) is 0. The molecule has 1 saturated heterocycles. The van der Waals surface area contributed by atoms with Gasteiger partial charge < -0.3 is 15.7 Å². The van der Waals surface area contributed by atoms with E-state index in [1.54, 1.807) is 0 Å². The molecule has 0 aromatic carbocycles. The molecule has 0 saturated carbocycles. The van der Waals surface area contributed by atoms with Crippen molar-refractivity contribution in [2.45, 2.75) is 26.2 Å². The minimum atomic E-state index is 0.139. The number of aliphatic hydroxyl groups excluding tert-OH is 1. The van der Waals surface area contributed by atoms with Crippen LogP contribution in [0.25, 0.3) is 0 Å². The van der Waals surface area contributed by atoms with Gasteiger partial charge in [0.1, 0.15) is 0 Å². The predicted octanol–water partition coefficient (Wildman–Crippen LogP) is 0.430. The zero-order valence-electron chi connectivity index (χ0n) is 8.63. The zero-order valence-corrected chi connectivity index (χ0v) is 8.63. The van der Waals surface area contributed by atoms with Crippen molar-refractivity contribution >= 4 is 0 Å². The topological polar surface area (TPSA) is 49.5 Å². The predicted molar refractivity (Wildman–Crippen MR) is 54.5 cm³/mol. The Morgan fingerprint density at radius 1 is 1.38 bits per heavy atom. The number of nitrogens with zero attached hydrogens (tertiary/aromatic N) is 1. The number of hydrogen-bond donors (Lipinski definition) is 2. The van der Waals surface area contributed by atoms with Crippen LogP contribution in [-0.2, 0) is 0 Å². The second kappa shape index (κ2) is 4.94. The summed E-state index contributed by atoms with van der Waals surface area (Å²) < 4.78 is 0. The Bertz CT molecular complexity index is 142. The lowest BCUT2D eigenvalue weighted by molar-refractivity contribution is 0.0409.